The first-order chi connectivity index (χ1) is 17.5. The van der Waals surface area contributed by atoms with E-state index < -0.39 is 17.3 Å². The van der Waals surface area contributed by atoms with Gasteiger partial charge in [-0.3, -0.25) is 0 Å². The molecule has 4 rings (SSSR count). The first-order valence-corrected chi connectivity index (χ1v) is 12.7. The van der Waals surface area contributed by atoms with Crippen molar-refractivity contribution >= 4 is 10.8 Å². The molecule has 0 spiro atoms. The van der Waals surface area contributed by atoms with Crippen molar-refractivity contribution in [1.82, 2.24) is 0 Å². The first-order valence-electron chi connectivity index (χ1n) is 12.7. The molecule has 0 fully saturated rings. The summed E-state index contributed by atoms with van der Waals surface area (Å²) in [5.74, 6) is -1.18. The van der Waals surface area contributed by atoms with Crippen LogP contribution in [0.4, 0.5) is 8.78 Å². The summed E-state index contributed by atoms with van der Waals surface area (Å²) in [6, 6.07) is 17.1. The van der Waals surface area contributed by atoms with E-state index in [9.17, 15) is 4.79 Å². The lowest BCUT2D eigenvalue weighted by Crippen LogP contribution is -2.06. The van der Waals surface area contributed by atoms with Crippen LogP contribution in [0, 0.1) is 18.6 Å². The molecule has 0 aliphatic heterocycles. The second-order valence-electron chi connectivity index (χ2n) is 9.27. The molecular weight excluding hydrogens is 458 g/mol. The molecule has 0 aliphatic rings. The van der Waals surface area contributed by atoms with Gasteiger partial charge in [0.05, 0.1) is 12.2 Å². The minimum Gasteiger partial charge on any atom is -0.490 e. The molecule has 0 saturated heterocycles. The molecule has 0 aliphatic carbocycles. The zero-order chi connectivity index (χ0) is 25.5. The number of hydrogen-bond acceptors (Lipinski definition) is 3. The fraction of sp³-hybridized carbons (Fsp3) is 0.323. The SMILES string of the molecule is CCCCCCCCCOc1ccc2cc(-c3ccc(-c4ccc(C)cc4)cc3F)oc(=O)c2c1F. The molecule has 188 valence electrons. The second kappa shape index (κ2) is 12.0. The van der Waals surface area contributed by atoms with Crippen molar-refractivity contribution in [3.05, 3.63) is 88.3 Å². The van der Waals surface area contributed by atoms with Crippen LogP contribution in [0.15, 0.2) is 69.9 Å². The Kier molecular flexibility index (Phi) is 8.52. The Balaban J connectivity index is 1.49. The number of fused-ring (bicyclic) bond motifs is 1. The summed E-state index contributed by atoms with van der Waals surface area (Å²) in [4.78, 5) is 12.7. The van der Waals surface area contributed by atoms with Crippen molar-refractivity contribution < 1.29 is 17.9 Å². The van der Waals surface area contributed by atoms with Crippen molar-refractivity contribution in [2.24, 2.45) is 0 Å². The van der Waals surface area contributed by atoms with Crippen LogP contribution in [-0.2, 0) is 0 Å². The number of unbranched alkanes of at least 4 members (excludes halogenated alkanes) is 6. The monoisotopic (exact) mass is 490 g/mol. The van der Waals surface area contributed by atoms with Crippen LogP contribution in [0.1, 0.15) is 57.4 Å². The van der Waals surface area contributed by atoms with Crippen molar-refractivity contribution in [3.63, 3.8) is 0 Å². The van der Waals surface area contributed by atoms with E-state index in [0.29, 0.717) is 17.6 Å². The maximum absolute atomic E-state index is 15.1. The summed E-state index contributed by atoms with van der Waals surface area (Å²) >= 11 is 0. The predicted molar refractivity (Wildman–Crippen MR) is 141 cm³/mol. The summed E-state index contributed by atoms with van der Waals surface area (Å²) in [6.07, 6.45) is 7.92. The minimum absolute atomic E-state index is 0.0298. The average Bonchev–Trinajstić information content (AvgIpc) is 2.87. The number of halogens is 2. The lowest BCUT2D eigenvalue weighted by molar-refractivity contribution is 0.291. The smallest absolute Gasteiger partial charge is 0.347 e. The van der Waals surface area contributed by atoms with E-state index in [1.165, 1.54) is 43.9 Å². The van der Waals surface area contributed by atoms with Gasteiger partial charge < -0.3 is 9.15 Å². The molecule has 36 heavy (non-hydrogen) atoms. The topological polar surface area (TPSA) is 39.4 Å². The average molecular weight is 491 g/mol. The summed E-state index contributed by atoms with van der Waals surface area (Å²) in [5.41, 5.74) is 2.01. The fourth-order valence-corrected chi connectivity index (χ4v) is 4.35. The highest BCUT2D eigenvalue weighted by molar-refractivity contribution is 5.86. The van der Waals surface area contributed by atoms with Gasteiger partial charge in [-0.15, -0.1) is 0 Å². The molecule has 0 amide bonds. The number of ether oxygens (including phenoxy) is 1. The second-order valence-corrected chi connectivity index (χ2v) is 9.27. The van der Waals surface area contributed by atoms with Crippen LogP contribution in [0.5, 0.6) is 5.75 Å². The maximum Gasteiger partial charge on any atom is 0.347 e. The lowest BCUT2D eigenvalue weighted by atomic mass is 10.0. The zero-order valence-electron chi connectivity index (χ0n) is 20.9. The Morgan fingerprint density at radius 1 is 0.806 bits per heavy atom. The predicted octanol–water partition coefficient (Wildman–Crippen LogP) is 8.84. The van der Waals surface area contributed by atoms with Gasteiger partial charge in [0.1, 0.15) is 17.0 Å². The van der Waals surface area contributed by atoms with Crippen molar-refractivity contribution in [1.29, 1.82) is 0 Å². The highest BCUT2D eigenvalue weighted by Crippen LogP contribution is 2.31. The molecule has 0 bridgehead atoms. The van der Waals surface area contributed by atoms with Crippen molar-refractivity contribution in [2.45, 2.75) is 58.8 Å². The molecule has 1 aromatic heterocycles. The fourth-order valence-electron chi connectivity index (χ4n) is 4.35. The number of hydrogen-bond donors (Lipinski definition) is 0. The molecule has 0 unspecified atom stereocenters. The van der Waals surface area contributed by atoms with E-state index in [4.69, 9.17) is 9.15 Å². The summed E-state index contributed by atoms with van der Waals surface area (Å²) in [5, 5.41) is 0.150. The van der Waals surface area contributed by atoms with Gasteiger partial charge in [0.25, 0.3) is 0 Å². The van der Waals surface area contributed by atoms with Gasteiger partial charge in [-0.1, -0.05) is 87.4 Å². The Hall–Kier alpha value is -3.47. The summed E-state index contributed by atoms with van der Waals surface area (Å²) in [6.45, 7) is 4.57. The standard InChI is InChI=1S/C31H32F2O3/c1-3-4-5-6-7-8-9-18-35-27-17-15-24-20-28(36-31(34)29(24)30(27)33)25-16-14-23(19-26(25)32)22-12-10-21(2)11-13-22/h10-17,19-20H,3-9,18H2,1-2H3. The Labute approximate surface area is 210 Å². The molecule has 0 atom stereocenters. The van der Waals surface area contributed by atoms with Crippen molar-refractivity contribution in [2.75, 3.05) is 6.61 Å². The van der Waals surface area contributed by atoms with Gasteiger partial charge >= 0.3 is 5.63 Å². The lowest BCUT2D eigenvalue weighted by Gasteiger charge is -2.10. The van der Waals surface area contributed by atoms with Crippen LogP contribution in [-0.4, -0.2) is 6.61 Å². The van der Waals surface area contributed by atoms with E-state index in [1.54, 1.807) is 18.2 Å². The van der Waals surface area contributed by atoms with Gasteiger partial charge in [0.2, 0.25) is 0 Å². The molecule has 0 radical (unpaired) electrons. The number of aryl methyl sites for hydroxylation is 1. The number of rotatable bonds is 11. The van der Waals surface area contributed by atoms with Crippen LogP contribution >= 0.6 is 0 Å². The highest BCUT2D eigenvalue weighted by atomic mass is 19.1. The van der Waals surface area contributed by atoms with Gasteiger partial charge in [-0.2, -0.15) is 0 Å². The largest absolute Gasteiger partial charge is 0.490 e. The van der Waals surface area contributed by atoms with Gasteiger partial charge in [-0.25, -0.2) is 13.6 Å². The third-order valence-electron chi connectivity index (χ3n) is 6.46. The molecule has 5 heteroatoms. The molecule has 3 aromatic carbocycles. The number of benzene rings is 3. The van der Waals surface area contributed by atoms with E-state index in [2.05, 4.69) is 6.92 Å². The van der Waals surface area contributed by atoms with E-state index in [1.807, 2.05) is 31.2 Å². The Morgan fingerprint density at radius 3 is 2.22 bits per heavy atom. The van der Waals surface area contributed by atoms with Gasteiger partial charge in [0.15, 0.2) is 11.6 Å². The van der Waals surface area contributed by atoms with Gasteiger partial charge in [-0.05, 0) is 54.1 Å². The van der Waals surface area contributed by atoms with Crippen LogP contribution < -0.4 is 10.4 Å². The van der Waals surface area contributed by atoms with Crippen LogP contribution in [0.25, 0.3) is 33.2 Å². The maximum atomic E-state index is 15.1. The van der Waals surface area contributed by atoms with E-state index >= 15 is 8.78 Å². The first kappa shape index (κ1) is 25.6. The van der Waals surface area contributed by atoms with Crippen LogP contribution in [0.2, 0.25) is 0 Å². The molecular formula is C31H32F2O3. The molecule has 1 heterocycles. The Morgan fingerprint density at radius 2 is 1.50 bits per heavy atom. The zero-order valence-corrected chi connectivity index (χ0v) is 20.9. The summed E-state index contributed by atoms with van der Waals surface area (Å²) < 4.78 is 41.0. The highest BCUT2D eigenvalue weighted by Gasteiger charge is 2.17. The Bertz CT molecular complexity index is 1370. The third-order valence-corrected chi connectivity index (χ3v) is 6.46. The third kappa shape index (κ3) is 6.01. The van der Waals surface area contributed by atoms with E-state index in [-0.39, 0.29) is 22.5 Å². The molecule has 0 saturated carbocycles. The molecule has 0 N–H and O–H groups in total. The normalized spacial score (nSPS) is 11.2. The summed E-state index contributed by atoms with van der Waals surface area (Å²) in [7, 11) is 0. The van der Waals surface area contributed by atoms with Gasteiger partial charge in [0, 0.05) is 0 Å². The molecule has 3 nitrogen and oxygen atoms in total. The van der Waals surface area contributed by atoms with E-state index in [0.717, 1.165) is 30.4 Å². The minimum atomic E-state index is -0.858. The molecule has 4 aromatic rings. The van der Waals surface area contributed by atoms with Crippen molar-refractivity contribution in [3.8, 4) is 28.2 Å². The van der Waals surface area contributed by atoms with Crippen LogP contribution in [0.3, 0.4) is 0 Å². The quantitative estimate of drug-likeness (QED) is 0.197.